The molecule has 0 aliphatic rings. The quantitative estimate of drug-likeness (QED) is 0.830. The van der Waals surface area contributed by atoms with Gasteiger partial charge in [-0.3, -0.25) is 0 Å². The second kappa shape index (κ2) is 4.97. The van der Waals surface area contributed by atoms with E-state index < -0.39 is 11.6 Å². The lowest BCUT2D eigenvalue weighted by Crippen LogP contribution is -2.05. The average molecular weight is 285 g/mol. The number of aryl methyl sites for hydroxylation is 2. The maximum Gasteiger partial charge on any atom is 0.224 e. The summed E-state index contributed by atoms with van der Waals surface area (Å²) >= 11 is 5.70. The van der Waals surface area contributed by atoms with Gasteiger partial charge in [0, 0.05) is 6.07 Å². The summed E-state index contributed by atoms with van der Waals surface area (Å²) in [6, 6.07) is 2.12. The first kappa shape index (κ1) is 13.5. The van der Waals surface area contributed by atoms with Crippen molar-refractivity contribution in [3.63, 3.8) is 0 Å². The molecule has 2 aromatic rings. The van der Waals surface area contributed by atoms with Crippen LogP contribution in [0.15, 0.2) is 12.1 Å². The summed E-state index contributed by atoms with van der Waals surface area (Å²) in [5.41, 5.74) is 6.59. The summed E-state index contributed by atoms with van der Waals surface area (Å²) in [6.45, 7) is 3.11. The summed E-state index contributed by atoms with van der Waals surface area (Å²) < 4.78 is 27.1. The van der Waals surface area contributed by atoms with Crippen molar-refractivity contribution in [2.24, 2.45) is 0 Å². The Bertz CT molecular complexity index is 646. The Hall–Kier alpha value is -1.95. The van der Waals surface area contributed by atoms with Crippen LogP contribution in [-0.4, -0.2) is 9.97 Å². The summed E-state index contributed by atoms with van der Waals surface area (Å²) in [5, 5.41) is 2.59. The summed E-state index contributed by atoms with van der Waals surface area (Å²) in [5.74, 6) is -0.996. The van der Waals surface area contributed by atoms with E-state index in [2.05, 4.69) is 15.3 Å². The summed E-state index contributed by atoms with van der Waals surface area (Å²) in [4.78, 5) is 7.70. The van der Waals surface area contributed by atoms with E-state index in [9.17, 15) is 8.78 Å². The van der Waals surface area contributed by atoms with E-state index in [0.717, 1.165) is 12.1 Å². The van der Waals surface area contributed by atoms with Gasteiger partial charge in [0.1, 0.15) is 11.6 Å². The molecule has 0 amide bonds. The van der Waals surface area contributed by atoms with E-state index in [4.69, 9.17) is 17.3 Å². The van der Waals surface area contributed by atoms with Crippen molar-refractivity contribution in [1.82, 2.24) is 9.97 Å². The van der Waals surface area contributed by atoms with Crippen LogP contribution in [0.4, 0.5) is 26.0 Å². The second-order valence-electron chi connectivity index (χ2n) is 4.05. The Morgan fingerprint density at radius 3 is 2.53 bits per heavy atom. The number of anilines is 3. The maximum absolute atomic E-state index is 13.7. The Morgan fingerprint density at radius 1 is 1.16 bits per heavy atom. The Morgan fingerprint density at radius 2 is 1.84 bits per heavy atom. The number of halogens is 3. The van der Waals surface area contributed by atoms with E-state index in [1.54, 1.807) is 6.92 Å². The number of nitrogens with one attached hydrogen (secondary N) is 1. The highest BCUT2D eigenvalue weighted by Gasteiger charge is 2.12. The molecule has 3 N–H and O–H groups in total. The number of nitrogen functional groups attached to an aromatic ring is 1. The Balaban J connectivity index is 2.44. The highest BCUT2D eigenvalue weighted by Crippen LogP contribution is 2.27. The van der Waals surface area contributed by atoms with Crippen molar-refractivity contribution >= 4 is 28.8 Å². The molecule has 1 aromatic heterocycles. The maximum atomic E-state index is 13.7. The van der Waals surface area contributed by atoms with Gasteiger partial charge in [-0.2, -0.15) is 4.98 Å². The van der Waals surface area contributed by atoms with Crippen LogP contribution in [0.3, 0.4) is 0 Å². The standard InChI is InChI=1S/C12H11ClF2N4/c1-5-3-8(15)9(4-7(5)14)18-11-10(16)6(2)17-12(13)19-11/h3-4H,16H2,1-2H3,(H,17,18,19). The van der Waals surface area contributed by atoms with Crippen molar-refractivity contribution in [3.05, 3.63) is 40.3 Å². The van der Waals surface area contributed by atoms with Gasteiger partial charge in [0.25, 0.3) is 0 Å². The molecule has 2 rings (SSSR count). The predicted molar refractivity (Wildman–Crippen MR) is 70.6 cm³/mol. The SMILES string of the molecule is Cc1cc(F)c(Nc2nc(Cl)nc(C)c2N)cc1F. The minimum atomic E-state index is -0.606. The molecule has 1 heterocycles. The highest BCUT2D eigenvalue weighted by molar-refractivity contribution is 6.28. The van der Waals surface area contributed by atoms with Gasteiger partial charge < -0.3 is 11.1 Å². The van der Waals surface area contributed by atoms with Gasteiger partial charge in [0.15, 0.2) is 5.82 Å². The summed E-state index contributed by atoms with van der Waals surface area (Å²) in [6.07, 6.45) is 0. The number of nitrogens with two attached hydrogens (primary N) is 1. The minimum Gasteiger partial charge on any atom is -0.394 e. The number of benzene rings is 1. The molecular weight excluding hydrogens is 274 g/mol. The third-order valence-electron chi connectivity index (χ3n) is 2.61. The lowest BCUT2D eigenvalue weighted by molar-refractivity contribution is 0.595. The topological polar surface area (TPSA) is 63.8 Å². The first-order valence-electron chi connectivity index (χ1n) is 5.40. The smallest absolute Gasteiger partial charge is 0.224 e. The van der Waals surface area contributed by atoms with Gasteiger partial charge in [0.05, 0.1) is 17.1 Å². The number of hydrogen-bond donors (Lipinski definition) is 2. The molecule has 0 aliphatic heterocycles. The van der Waals surface area contributed by atoms with Crippen LogP contribution in [0, 0.1) is 25.5 Å². The number of rotatable bonds is 2. The van der Waals surface area contributed by atoms with Crippen LogP contribution >= 0.6 is 11.6 Å². The van der Waals surface area contributed by atoms with Crippen molar-refractivity contribution < 1.29 is 8.78 Å². The van der Waals surface area contributed by atoms with E-state index in [1.165, 1.54) is 6.92 Å². The average Bonchev–Trinajstić information content (AvgIpc) is 2.32. The molecule has 19 heavy (non-hydrogen) atoms. The zero-order chi connectivity index (χ0) is 14.2. The van der Waals surface area contributed by atoms with Crippen LogP contribution < -0.4 is 11.1 Å². The molecule has 100 valence electrons. The van der Waals surface area contributed by atoms with Crippen LogP contribution in [0.1, 0.15) is 11.3 Å². The van der Waals surface area contributed by atoms with Crippen molar-refractivity contribution in [1.29, 1.82) is 0 Å². The molecule has 1 aromatic carbocycles. The van der Waals surface area contributed by atoms with Crippen molar-refractivity contribution in [2.45, 2.75) is 13.8 Å². The molecular formula is C12H11ClF2N4. The van der Waals surface area contributed by atoms with Crippen LogP contribution in [0.25, 0.3) is 0 Å². The molecule has 0 atom stereocenters. The molecule has 0 saturated carbocycles. The van der Waals surface area contributed by atoms with Gasteiger partial charge in [-0.15, -0.1) is 0 Å². The monoisotopic (exact) mass is 284 g/mol. The fourth-order valence-electron chi connectivity index (χ4n) is 1.51. The normalized spacial score (nSPS) is 10.6. The number of hydrogen-bond acceptors (Lipinski definition) is 4. The third-order valence-corrected chi connectivity index (χ3v) is 2.78. The van der Waals surface area contributed by atoms with Crippen molar-refractivity contribution in [3.8, 4) is 0 Å². The molecule has 0 spiro atoms. The first-order valence-corrected chi connectivity index (χ1v) is 5.78. The van der Waals surface area contributed by atoms with Gasteiger partial charge in [-0.1, -0.05) is 0 Å². The Labute approximate surface area is 113 Å². The van der Waals surface area contributed by atoms with E-state index in [-0.39, 0.29) is 28.0 Å². The fourth-order valence-corrected chi connectivity index (χ4v) is 1.72. The molecule has 7 heteroatoms. The molecule has 4 nitrogen and oxygen atoms in total. The molecule has 0 aliphatic carbocycles. The molecule has 0 radical (unpaired) electrons. The van der Waals surface area contributed by atoms with Gasteiger partial charge >= 0.3 is 0 Å². The van der Waals surface area contributed by atoms with Gasteiger partial charge in [-0.05, 0) is 37.1 Å². The molecule has 0 saturated heterocycles. The van der Waals surface area contributed by atoms with E-state index in [0.29, 0.717) is 5.69 Å². The van der Waals surface area contributed by atoms with Crippen LogP contribution in [-0.2, 0) is 0 Å². The largest absolute Gasteiger partial charge is 0.394 e. The zero-order valence-corrected chi connectivity index (χ0v) is 11.0. The third kappa shape index (κ3) is 2.73. The Kier molecular flexibility index (Phi) is 3.53. The van der Waals surface area contributed by atoms with Crippen LogP contribution in [0.2, 0.25) is 5.28 Å². The zero-order valence-electron chi connectivity index (χ0n) is 10.3. The fraction of sp³-hybridized carbons (Fsp3) is 0.167. The number of aromatic nitrogens is 2. The lowest BCUT2D eigenvalue weighted by atomic mass is 10.2. The minimum absolute atomic E-state index is 0.0257. The molecule has 0 bridgehead atoms. The van der Waals surface area contributed by atoms with Gasteiger partial charge in [-0.25, -0.2) is 13.8 Å². The van der Waals surface area contributed by atoms with Crippen molar-refractivity contribution in [2.75, 3.05) is 11.1 Å². The van der Waals surface area contributed by atoms with Gasteiger partial charge in [0.2, 0.25) is 5.28 Å². The van der Waals surface area contributed by atoms with E-state index >= 15 is 0 Å². The highest BCUT2D eigenvalue weighted by atomic mass is 35.5. The second-order valence-corrected chi connectivity index (χ2v) is 4.38. The molecule has 0 fully saturated rings. The first-order chi connectivity index (χ1) is 8.88. The number of nitrogens with zero attached hydrogens (tertiary/aromatic N) is 2. The van der Waals surface area contributed by atoms with E-state index in [1.807, 2.05) is 0 Å². The van der Waals surface area contributed by atoms with Crippen LogP contribution in [0.5, 0.6) is 0 Å². The molecule has 0 unspecified atom stereocenters. The lowest BCUT2D eigenvalue weighted by Gasteiger charge is -2.11. The predicted octanol–water partition coefficient (Wildman–Crippen LogP) is 3.35. The summed E-state index contributed by atoms with van der Waals surface area (Å²) in [7, 11) is 0.